The summed E-state index contributed by atoms with van der Waals surface area (Å²) in [5.41, 5.74) is 1.52. The third-order valence-corrected chi connectivity index (χ3v) is 5.54. The van der Waals surface area contributed by atoms with Crippen molar-refractivity contribution in [2.24, 2.45) is 0 Å². The summed E-state index contributed by atoms with van der Waals surface area (Å²) < 4.78 is 22.1. The van der Waals surface area contributed by atoms with E-state index in [1.807, 2.05) is 68.7 Å². The lowest BCUT2D eigenvalue weighted by molar-refractivity contribution is 0.0695. The molecule has 0 saturated heterocycles. The quantitative estimate of drug-likeness (QED) is 0.366. The van der Waals surface area contributed by atoms with Crippen molar-refractivity contribution >= 4 is 22.6 Å². The van der Waals surface area contributed by atoms with Crippen LogP contribution in [0.25, 0.3) is 10.9 Å². The number of nitrogens with one attached hydrogen (secondary N) is 1. The number of carboxylic acid groups (broad SMARTS) is 1. The molecule has 4 aromatic rings. The van der Waals surface area contributed by atoms with Gasteiger partial charge in [0.25, 0.3) is 0 Å². The number of nitrogens with zero attached hydrogens (tertiary/aromatic N) is 2. The normalized spacial score (nSPS) is 10.2. The minimum Gasteiger partial charge on any atom is -0.497 e. The third-order valence-electron chi connectivity index (χ3n) is 5.54. The first-order valence-electron chi connectivity index (χ1n) is 11.4. The van der Waals surface area contributed by atoms with Gasteiger partial charge in [-0.3, -0.25) is 4.79 Å². The number of pyridine rings is 1. The molecule has 196 valence electrons. The van der Waals surface area contributed by atoms with Crippen LogP contribution in [0.15, 0.2) is 77.7 Å². The molecule has 1 heterocycles. The molecule has 1 aromatic heterocycles. The summed E-state index contributed by atoms with van der Waals surface area (Å²) in [5.74, 6) is -1.24. The van der Waals surface area contributed by atoms with Gasteiger partial charge in [-0.05, 0) is 49.5 Å². The van der Waals surface area contributed by atoms with Gasteiger partial charge in [-0.1, -0.05) is 49.9 Å². The van der Waals surface area contributed by atoms with Crippen LogP contribution < -0.4 is 20.4 Å². The van der Waals surface area contributed by atoms with E-state index in [0.29, 0.717) is 30.0 Å². The molecule has 0 fully saturated rings. The number of benzene rings is 3. The van der Waals surface area contributed by atoms with Gasteiger partial charge in [0.2, 0.25) is 5.43 Å². The van der Waals surface area contributed by atoms with Crippen LogP contribution >= 0.6 is 0 Å². The lowest BCUT2D eigenvalue weighted by Crippen LogP contribution is -2.21. The van der Waals surface area contributed by atoms with Gasteiger partial charge in [-0.15, -0.1) is 0 Å². The Kier molecular flexibility index (Phi) is 10.4. The smallest absolute Gasteiger partial charge is 0.341 e. The molecule has 7 nitrogen and oxygen atoms in total. The van der Waals surface area contributed by atoms with Crippen molar-refractivity contribution in [2.75, 3.05) is 33.2 Å². The van der Waals surface area contributed by atoms with Gasteiger partial charge < -0.3 is 24.6 Å². The van der Waals surface area contributed by atoms with Gasteiger partial charge in [-0.25, -0.2) is 9.18 Å². The number of aromatic nitrogens is 1. The van der Waals surface area contributed by atoms with Crippen LogP contribution in [-0.4, -0.2) is 43.9 Å². The van der Waals surface area contributed by atoms with Crippen LogP contribution in [0.3, 0.4) is 0 Å². The molecule has 0 aliphatic rings. The van der Waals surface area contributed by atoms with E-state index >= 15 is 4.39 Å². The summed E-state index contributed by atoms with van der Waals surface area (Å²) in [4.78, 5) is 26.2. The number of rotatable bonds is 7. The highest BCUT2D eigenvalue weighted by atomic mass is 19.1. The number of anilines is 1. The van der Waals surface area contributed by atoms with Crippen molar-refractivity contribution in [1.82, 2.24) is 9.88 Å². The van der Waals surface area contributed by atoms with Crippen LogP contribution in [0.2, 0.25) is 0 Å². The molecule has 0 atom stereocenters. The number of carbonyl (C=O) groups is 1. The maximum atomic E-state index is 15.1. The fourth-order valence-corrected chi connectivity index (χ4v) is 3.89. The zero-order valence-electron chi connectivity index (χ0n) is 20.8. The number of carboxylic acids is 1. The number of ether oxygens (including phenoxy) is 1. The summed E-state index contributed by atoms with van der Waals surface area (Å²) in [5, 5.41) is 12.3. The van der Waals surface area contributed by atoms with Gasteiger partial charge in [0, 0.05) is 31.7 Å². The van der Waals surface area contributed by atoms with Crippen molar-refractivity contribution in [2.45, 2.75) is 20.5 Å². The molecule has 4 rings (SSSR count). The van der Waals surface area contributed by atoms with E-state index in [1.54, 1.807) is 29.7 Å². The Morgan fingerprint density at radius 2 is 1.70 bits per heavy atom. The van der Waals surface area contributed by atoms with E-state index in [-0.39, 0.29) is 12.8 Å². The Labute approximate surface area is 216 Å². The first kappa shape index (κ1) is 29.1. The molecule has 0 aliphatic carbocycles. The van der Waals surface area contributed by atoms with Gasteiger partial charge in [0.15, 0.2) is 0 Å². The Bertz CT molecular complexity index is 1400. The maximum Gasteiger partial charge on any atom is 0.341 e. The molecule has 0 radical (unpaired) electrons. The highest BCUT2D eigenvalue weighted by Crippen LogP contribution is 2.27. The first-order valence-corrected chi connectivity index (χ1v) is 11.4. The number of methoxy groups -OCH3 is 1. The van der Waals surface area contributed by atoms with E-state index < -0.39 is 22.8 Å². The molecule has 37 heavy (non-hydrogen) atoms. The van der Waals surface area contributed by atoms with Crippen molar-refractivity contribution in [1.29, 1.82) is 0 Å². The lowest BCUT2D eigenvalue weighted by Gasteiger charge is -2.22. The predicted octanol–water partition coefficient (Wildman–Crippen LogP) is 5.00. The zero-order valence-corrected chi connectivity index (χ0v) is 20.8. The van der Waals surface area contributed by atoms with Crippen molar-refractivity contribution in [3.63, 3.8) is 0 Å². The Hall–Kier alpha value is -4.17. The van der Waals surface area contributed by atoms with Crippen LogP contribution in [0.1, 0.15) is 28.9 Å². The molecule has 0 saturated carbocycles. The molecular formula is C29H34FN3O4. The molecule has 0 amide bonds. The maximum absolute atomic E-state index is 15.1. The van der Waals surface area contributed by atoms with Crippen molar-refractivity contribution in [3.8, 4) is 5.75 Å². The average Bonchev–Trinajstić information content (AvgIpc) is 2.86. The first-order chi connectivity index (χ1) is 17.3. The standard InChI is InChI=1S/C26H23FN2O4.C2H7N.CH4/c1-28(14-18-9-6-10-19(11-18)33-2)24-13-23-20(12-22(24)27)25(30)21(26(31)32)16-29(23)15-17-7-4-3-5-8-17;1-3-2;/h3-13,16H,14-15H2,1-2H3,(H,31,32);3H,1-2H3;1H4. The molecule has 0 unspecified atom stereocenters. The molecule has 0 bridgehead atoms. The monoisotopic (exact) mass is 507 g/mol. The number of fused-ring (bicyclic) bond motifs is 1. The van der Waals surface area contributed by atoms with E-state index in [9.17, 15) is 14.7 Å². The molecule has 3 aromatic carbocycles. The SMILES string of the molecule is C.CNC.COc1cccc(CN(C)c2cc3c(cc2F)c(=O)c(C(=O)O)cn3Cc2ccccc2)c1. The molecule has 2 N–H and O–H groups in total. The Morgan fingerprint density at radius 1 is 1.05 bits per heavy atom. The van der Waals surface area contributed by atoms with Gasteiger partial charge in [-0.2, -0.15) is 0 Å². The summed E-state index contributed by atoms with van der Waals surface area (Å²) in [6.07, 6.45) is 1.32. The van der Waals surface area contributed by atoms with E-state index in [0.717, 1.165) is 17.2 Å². The van der Waals surface area contributed by atoms with Crippen molar-refractivity contribution < 1.29 is 19.0 Å². The second-order valence-corrected chi connectivity index (χ2v) is 8.32. The third kappa shape index (κ3) is 6.95. The zero-order chi connectivity index (χ0) is 26.2. The number of aromatic carboxylic acids is 1. The number of hydrogen-bond donors (Lipinski definition) is 2. The van der Waals surface area contributed by atoms with E-state index in [2.05, 4.69) is 5.32 Å². The fraction of sp³-hybridized carbons (Fsp3) is 0.241. The minimum absolute atomic E-state index is 0. The topological polar surface area (TPSA) is 83.8 Å². The predicted molar refractivity (Wildman–Crippen MR) is 147 cm³/mol. The second kappa shape index (κ2) is 13.2. The van der Waals surface area contributed by atoms with Gasteiger partial charge in [0.1, 0.15) is 17.1 Å². The summed E-state index contributed by atoms with van der Waals surface area (Å²) in [6.45, 7) is 0.748. The lowest BCUT2D eigenvalue weighted by atomic mass is 10.1. The molecular weight excluding hydrogens is 473 g/mol. The highest BCUT2D eigenvalue weighted by Gasteiger charge is 2.19. The van der Waals surface area contributed by atoms with E-state index in [1.165, 1.54) is 6.20 Å². The summed E-state index contributed by atoms with van der Waals surface area (Å²) in [7, 11) is 7.10. The number of halogens is 1. The van der Waals surface area contributed by atoms with Crippen LogP contribution in [0.4, 0.5) is 10.1 Å². The highest BCUT2D eigenvalue weighted by molar-refractivity contribution is 5.93. The van der Waals surface area contributed by atoms with Crippen LogP contribution in [0.5, 0.6) is 5.75 Å². The average molecular weight is 508 g/mol. The van der Waals surface area contributed by atoms with Crippen molar-refractivity contribution in [3.05, 3.63) is 106 Å². The van der Waals surface area contributed by atoms with Gasteiger partial charge >= 0.3 is 5.97 Å². The van der Waals surface area contributed by atoms with E-state index in [4.69, 9.17) is 4.74 Å². The summed E-state index contributed by atoms with van der Waals surface area (Å²) >= 11 is 0. The van der Waals surface area contributed by atoms with Crippen LogP contribution in [-0.2, 0) is 13.1 Å². The Balaban J connectivity index is 0.00000115. The van der Waals surface area contributed by atoms with Crippen LogP contribution in [0, 0.1) is 5.82 Å². The fourth-order valence-electron chi connectivity index (χ4n) is 3.89. The number of hydrogen-bond acceptors (Lipinski definition) is 5. The summed E-state index contributed by atoms with van der Waals surface area (Å²) in [6, 6.07) is 19.7. The molecule has 8 heteroatoms. The molecule has 0 aliphatic heterocycles. The molecule has 0 spiro atoms. The van der Waals surface area contributed by atoms with Gasteiger partial charge in [0.05, 0.1) is 18.3 Å². The Morgan fingerprint density at radius 3 is 2.32 bits per heavy atom. The second-order valence-electron chi connectivity index (χ2n) is 8.32. The largest absolute Gasteiger partial charge is 0.497 e. The minimum atomic E-state index is -1.34.